The van der Waals surface area contributed by atoms with Gasteiger partial charge in [0.1, 0.15) is 0 Å². The molecular formula is C15H17N. The normalized spacial score (nSPS) is 10.4. The van der Waals surface area contributed by atoms with Gasteiger partial charge in [-0.2, -0.15) is 0 Å². The lowest BCUT2D eigenvalue weighted by molar-refractivity contribution is 0.922. The van der Waals surface area contributed by atoms with Crippen LogP contribution in [-0.2, 0) is 6.42 Å². The molecule has 2 rings (SSSR count). The molecular weight excluding hydrogens is 194 g/mol. The number of hydrogen-bond donors (Lipinski definition) is 0. The van der Waals surface area contributed by atoms with Crippen LogP contribution in [0.4, 0.5) is 0 Å². The van der Waals surface area contributed by atoms with Crippen molar-refractivity contribution in [1.82, 2.24) is 4.98 Å². The SMILES string of the molecule is CCCc1ccc(-c2ccc(C)nc2)cc1. The quantitative estimate of drug-likeness (QED) is 0.747. The van der Waals surface area contributed by atoms with Crippen molar-refractivity contribution < 1.29 is 0 Å². The Kier molecular flexibility index (Phi) is 3.35. The lowest BCUT2D eigenvalue weighted by Crippen LogP contribution is -1.85. The molecule has 0 bridgehead atoms. The highest BCUT2D eigenvalue weighted by molar-refractivity contribution is 5.62. The number of aryl methyl sites for hydroxylation is 2. The first kappa shape index (κ1) is 10.9. The molecule has 0 fully saturated rings. The Bertz CT molecular complexity index is 440. The molecule has 1 aromatic heterocycles. The van der Waals surface area contributed by atoms with E-state index in [1.165, 1.54) is 23.1 Å². The third kappa shape index (κ3) is 2.48. The van der Waals surface area contributed by atoms with Gasteiger partial charge in [0.05, 0.1) is 0 Å². The summed E-state index contributed by atoms with van der Waals surface area (Å²) in [6, 6.07) is 12.9. The molecule has 1 heteroatoms. The van der Waals surface area contributed by atoms with Crippen LogP contribution in [0.1, 0.15) is 24.6 Å². The van der Waals surface area contributed by atoms with E-state index in [1.807, 2.05) is 13.1 Å². The molecule has 16 heavy (non-hydrogen) atoms. The summed E-state index contributed by atoms with van der Waals surface area (Å²) in [4.78, 5) is 4.31. The number of nitrogens with zero attached hydrogens (tertiary/aromatic N) is 1. The van der Waals surface area contributed by atoms with Crippen LogP contribution < -0.4 is 0 Å². The molecule has 2 aromatic rings. The van der Waals surface area contributed by atoms with E-state index in [2.05, 4.69) is 48.3 Å². The van der Waals surface area contributed by atoms with Crippen LogP contribution in [0.3, 0.4) is 0 Å². The zero-order valence-corrected chi connectivity index (χ0v) is 9.90. The number of pyridine rings is 1. The molecule has 0 aliphatic rings. The molecule has 0 unspecified atom stereocenters. The maximum absolute atomic E-state index is 4.31. The molecule has 0 spiro atoms. The van der Waals surface area contributed by atoms with Crippen LogP contribution in [0.5, 0.6) is 0 Å². The predicted octanol–water partition coefficient (Wildman–Crippen LogP) is 4.01. The van der Waals surface area contributed by atoms with Crippen LogP contribution in [0.25, 0.3) is 11.1 Å². The highest BCUT2D eigenvalue weighted by Gasteiger charge is 1.98. The van der Waals surface area contributed by atoms with Crippen molar-refractivity contribution in [3.63, 3.8) is 0 Å². The first-order valence-electron chi connectivity index (χ1n) is 5.81. The van der Waals surface area contributed by atoms with Crippen molar-refractivity contribution in [2.45, 2.75) is 26.7 Å². The molecule has 1 nitrogen and oxygen atoms in total. The van der Waals surface area contributed by atoms with Gasteiger partial charge < -0.3 is 0 Å². The molecule has 1 aromatic carbocycles. The minimum Gasteiger partial charge on any atom is -0.261 e. The number of rotatable bonds is 3. The van der Waals surface area contributed by atoms with Crippen LogP contribution >= 0.6 is 0 Å². The predicted molar refractivity (Wildman–Crippen MR) is 68.4 cm³/mol. The largest absolute Gasteiger partial charge is 0.261 e. The fourth-order valence-corrected chi connectivity index (χ4v) is 1.79. The van der Waals surface area contributed by atoms with E-state index in [0.29, 0.717) is 0 Å². The highest BCUT2D eigenvalue weighted by Crippen LogP contribution is 2.19. The van der Waals surface area contributed by atoms with Crippen molar-refractivity contribution in [3.05, 3.63) is 53.9 Å². The average molecular weight is 211 g/mol. The summed E-state index contributed by atoms with van der Waals surface area (Å²) in [5.74, 6) is 0. The van der Waals surface area contributed by atoms with Gasteiger partial charge in [0.15, 0.2) is 0 Å². The lowest BCUT2D eigenvalue weighted by atomic mass is 10.0. The second kappa shape index (κ2) is 4.93. The molecule has 0 saturated heterocycles. The van der Waals surface area contributed by atoms with Crippen LogP contribution in [-0.4, -0.2) is 4.98 Å². The van der Waals surface area contributed by atoms with Gasteiger partial charge in [0.2, 0.25) is 0 Å². The van der Waals surface area contributed by atoms with Crippen molar-refractivity contribution in [3.8, 4) is 11.1 Å². The maximum atomic E-state index is 4.31. The van der Waals surface area contributed by atoms with Crippen molar-refractivity contribution in [2.24, 2.45) is 0 Å². The van der Waals surface area contributed by atoms with E-state index >= 15 is 0 Å². The summed E-state index contributed by atoms with van der Waals surface area (Å²) in [5, 5.41) is 0. The second-order valence-corrected chi connectivity index (χ2v) is 4.14. The molecule has 0 aliphatic carbocycles. The van der Waals surface area contributed by atoms with Crippen LogP contribution in [0.15, 0.2) is 42.6 Å². The maximum Gasteiger partial charge on any atom is 0.0373 e. The third-order valence-corrected chi connectivity index (χ3v) is 2.74. The first-order valence-corrected chi connectivity index (χ1v) is 5.81. The lowest BCUT2D eigenvalue weighted by Gasteiger charge is -2.03. The fourth-order valence-electron chi connectivity index (χ4n) is 1.79. The van der Waals surface area contributed by atoms with Gasteiger partial charge in [-0.25, -0.2) is 0 Å². The highest BCUT2D eigenvalue weighted by atomic mass is 14.7. The minimum atomic E-state index is 1.06. The Morgan fingerprint density at radius 1 is 0.938 bits per heavy atom. The minimum absolute atomic E-state index is 1.06. The Morgan fingerprint density at radius 2 is 1.62 bits per heavy atom. The van der Waals surface area contributed by atoms with Crippen LogP contribution in [0, 0.1) is 6.92 Å². The molecule has 0 aliphatic heterocycles. The molecule has 1 heterocycles. The summed E-state index contributed by atoms with van der Waals surface area (Å²) in [6.07, 6.45) is 4.29. The average Bonchev–Trinajstić information content (AvgIpc) is 2.32. The monoisotopic (exact) mass is 211 g/mol. The van der Waals surface area contributed by atoms with E-state index in [-0.39, 0.29) is 0 Å². The van der Waals surface area contributed by atoms with E-state index in [0.717, 1.165) is 12.1 Å². The van der Waals surface area contributed by atoms with E-state index < -0.39 is 0 Å². The molecule has 0 atom stereocenters. The fraction of sp³-hybridized carbons (Fsp3) is 0.267. The summed E-state index contributed by atoms with van der Waals surface area (Å²) < 4.78 is 0. The van der Waals surface area contributed by atoms with E-state index in [9.17, 15) is 0 Å². The van der Waals surface area contributed by atoms with Gasteiger partial charge in [-0.1, -0.05) is 43.7 Å². The van der Waals surface area contributed by atoms with Crippen LogP contribution in [0.2, 0.25) is 0 Å². The van der Waals surface area contributed by atoms with Gasteiger partial charge in [-0.05, 0) is 30.5 Å². The van der Waals surface area contributed by atoms with Gasteiger partial charge in [0, 0.05) is 17.5 Å². The number of aromatic nitrogens is 1. The number of benzene rings is 1. The zero-order valence-electron chi connectivity index (χ0n) is 9.90. The van der Waals surface area contributed by atoms with Gasteiger partial charge in [-0.3, -0.25) is 4.98 Å². The second-order valence-electron chi connectivity index (χ2n) is 4.14. The molecule has 0 radical (unpaired) electrons. The topological polar surface area (TPSA) is 12.9 Å². The standard InChI is InChI=1S/C15H17N/c1-3-4-13-6-9-14(10-7-13)15-8-5-12(2)16-11-15/h5-11H,3-4H2,1-2H3. The summed E-state index contributed by atoms with van der Waals surface area (Å²) in [7, 11) is 0. The van der Waals surface area contributed by atoms with Crippen molar-refractivity contribution in [1.29, 1.82) is 0 Å². The van der Waals surface area contributed by atoms with Crippen molar-refractivity contribution in [2.75, 3.05) is 0 Å². The third-order valence-electron chi connectivity index (χ3n) is 2.74. The Balaban J connectivity index is 2.24. The zero-order chi connectivity index (χ0) is 11.4. The Labute approximate surface area is 97.2 Å². The molecule has 0 N–H and O–H groups in total. The Morgan fingerprint density at radius 3 is 2.19 bits per heavy atom. The molecule has 0 amide bonds. The van der Waals surface area contributed by atoms with Crippen molar-refractivity contribution >= 4 is 0 Å². The summed E-state index contributed by atoms with van der Waals surface area (Å²) in [5.41, 5.74) is 4.90. The first-order chi connectivity index (χ1) is 7.79. The molecule has 0 saturated carbocycles. The van der Waals surface area contributed by atoms with Gasteiger partial charge in [0.25, 0.3) is 0 Å². The smallest absolute Gasteiger partial charge is 0.0373 e. The summed E-state index contributed by atoms with van der Waals surface area (Å²) in [6.45, 7) is 4.21. The van der Waals surface area contributed by atoms with Gasteiger partial charge >= 0.3 is 0 Å². The molecule has 82 valence electrons. The number of hydrogen-bond acceptors (Lipinski definition) is 1. The van der Waals surface area contributed by atoms with E-state index in [4.69, 9.17) is 0 Å². The Hall–Kier alpha value is -1.63. The van der Waals surface area contributed by atoms with E-state index in [1.54, 1.807) is 0 Å². The summed E-state index contributed by atoms with van der Waals surface area (Å²) >= 11 is 0. The van der Waals surface area contributed by atoms with Gasteiger partial charge in [-0.15, -0.1) is 0 Å².